The van der Waals surface area contributed by atoms with Crippen molar-refractivity contribution in [2.24, 2.45) is 0 Å². The van der Waals surface area contributed by atoms with E-state index in [2.05, 4.69) is 20.9 Å². The van der Waals surface area contributed by atoms with Gasteiger partial charge in [0, 0.05) is 40.3 Å². The number of nitrogens with one attached hydrogen (secondary N) is 3. The summed E-state index contributed by atoms with van der Waals surface area (Å²) in [6, 6.07) is 26.5. The number of nitrogens with zero attached hydrogens (tertiary/aromatic N) is 1. The van der Waals surface area contributed by atoms with E-state index in [4.69, 9.17) is 4.74 Å². The van der Waals surface area contributed by atoms with Gasteiger partial charge < -0.3 is 20.7 Å². The number of ether oxygens (including phenoxy) is 1. The third kappa shape index (κ3) is 8.05. The largest absolute Gasteiger partial charge is 0.497 e. The molecule has 0 saturated carbocycles. The average Bonchev–Trinajstić information content (AvgIpc) is 2.98. The highest BCUT2D eigenvalue weighted by atomic mass is 32.2. The second-order valence-corrected chi connectivity index (χ2v) is 10.0. The van der Waals surface area contributed by atoms with Crippen molar-refractivity contribution in [1.82, 2.24) is 10.3 Å². The van der Waals surface area contributed by atoms with Gasteiger partial charge >= 0.3 is 0 Å². The number of hydrogen-bond acceptors (Lipinski definition) is 6. The van der Waals surface area contributed by atoms with E-state index in [9.17, 15) is 14.4 Å². The maximum atomic E-state index is 13.2. The number of rotatable bonds is 10. The normalized spacial score (nSPS) is 11.7. The first-order valence-corrected chi connectivity index (χ1v) is 13.3. The molecule has 0 aliphatic carbocycles. The van der Waals surface area contributed by atoms with Gasteiger partial charge in [-0.05, 0) is 73.2 Å². The molecule has 0 bridgehead atoms. The molecule has 0 spiro atoms. The summed E-state index contributed by atoms with van der Waals surface area (Å²) in [6.07, 6.45) is 4.79. The van der Waals surface area contributed by atoms with Crippen molar-refractivity contribution >= 4 is 46.9 Å². The Morgan fingerprint density at radius 2 is 1.65 bits per heavy atom. The maximum absolute atomic E-state index is 13.2. The molecule has 0 aliphatic heterocycles. The molecular formula is C31H28N4O4S. The molecule has 1 unspecified atom stereocenters. The average molecular weight is 553 g/mol. The molecule has 1 aromatic heterocycles. The van der Waals surface area contributed by atoms with Gasteiger partial charge in [0.1, 0.15) is 11.4 Å². The van der Waals surface area contributed by atoms with Crippen LogP contribution in [0.5, 0.6) is 5.75 Å². The van der Waals surface area contributed by atoms with Gasteiger partial charge in [-0.1, -0.05) is 30.3 Å². The van der Waals surface area contributed by atoms with Crippen LogP contribution < -0.4 is 20.7 Å². The van der Waals surface area contributed by atoms with Crippen LogP contribution in [0.15, 0.2) is 114 Å². The molecular weight excluding hydrogens is 524 g/mol. The number of anilines is 2. The summed E-state index contributed by atoms with van der Waals surface area (Å²) < 4.78 is 5.20. The van der Waals surface area contributed by atoms with E-state index in [1.54, 1.807) is 86.2 Å². The van der Waals surface area contributed by atoms with Crippen molar-refractivity contribution in [2.75, 3.05) is 17.7 Å². The van der Waals surface area contributed by atoms with Crippen molar-refractivity contribution < 1.29 is 19.1 Å². The lowest BCUT2D eigenvalue weighted by molar-refractivity contribution is -0.115. The number of hydrogen-bond donors (Lipinski definition) is 3. The zero-order valence-corrected chi connectivity index (χ0v) is 22.8. The van der Waals surface area contributed by atoms with Gasteiger partial charge in [-0.3, -0.25) is 19.4 Å². The Kier molecular flexibility index (Phi) is 9.68. The maximum Gasteiger partial charge on any atom is 0.272 e. The molecule has 1 atom stereocenters. The molecule has 0 fully saturated rings. The number of thioether (sulfide) groups is 1. The number of carbonyl (C=O) groups excluding carboxylic acids is 3. The van der Waals surface area contributed by atoms with Crippen molar-refractivity contribution in [3.63, 3.8) is 0 Å². The molecule has 40 heavy (non-hydrogen) atoms. The van der Waals surface area contributed by atoms with Crippen LogP contribution >= 0.6 is 11.8 Å². The first kappa shape index (κ1) is 28.1. The van der Waals surface area contributed by atoms with E-state index in [0.29, 0.717) is 28.3 Å². The Balaban J connectivity index is 1.40. The third-order valence-corrected chi connectivity index (χ3v) is 6.77. The number of pyridine rings is 1. The fourth-order valence-electron chi connectivity index (χ4n) is 3.59. The topological polar surface area (TPSA) is 109 Å². The van der Waals surface area contributed by atoms with E-state index >= 15 is 0 Å². The highest BCUT2D eigenvalue weighted by Gasteiger charge is 2.17. The second kappa shape index (κ2) is 13.8. The predicted octanol–water partition coefficient (Wildman–Crippen LogP) is 5.62. The zero-order chi connectivity index (χ0) is 28.3. The van der Waals surface area contributed by atoms with E-state index in [1.165, 1.54) is 11.8 Å². The first-order chi connectivity index (χ1) is 19.4. The first-order valence-electron chi connectivity index (χ1n) is 12.4. The van der Waals surface area contributed by atoms with Gasteiger partial charge in [0.2, 0.25) is 5.91 Å². The highest BCUT2D eigenvalue weighted by Crippen LogP contribution is 2.26. The fraction of sp³-hybridized carbons (Fsp3) is 0.0968. The van der Waals surface area contributed by atoms with Crippen LogP contribution in [0.1, 0.15) is 22.8 Å². The Bertz CT molecular complexity index is 1490. The number of aromatic nitrogens is 1. The Morgan fingerprint density at radius 1 is 0.875 bits per heavy atom. The molecule has 0 aliphatic rings. The molecule has 0 radical (unpaired) electrons. The molecule has 3 aromatic carbocycles. The van der Waals surface area contributed by atoms with Crippen molar-refractivity contribution in [2.45, 2.75) is 17.1 Å². The predicted molar refractivity (Wildman–Crippen MR) is 158 cm³/mol. The molecule has 4 aromatic rings. The van der Waals surface area contributed by atoms with Crippen LogP contribution in [0.3, 0.4) is 0 Å². The van der Waals surface area contributed by atoms with E-state index in [1.807, 2.05) is 37.3 Å². The summed E-state index contributed by atoms with van der Waals surface area (Å²) in [5.74, 6) is -0.373. The van der Waals surface area contributed by atoms with Crippen molar-refractivity contribution in [3.05, 3.63) is 120 Å². The summed E-state index contributed by atoms with van der Waals surface area (Å²) >= 11 is 1.39. The lowest BCUT2D eigenvalue weighted by atomic mass is 10.2. The summed E-state index contributed by atoms with van der Waals surface area (Å²) in [5.41, 5.74) is 2.36. The van der Waals surface area contributed by atoms with E-state index in [-0.39, 0.29) is 16.9 Å². The third-order valence-electron chi connectivity index (χ3n) is 5.66. The van der Waals surface area contributed by atoms with Crippen LogP contribution in [0.2, 0.25) is 0 Å². The van der Waals surface area contributed by atoms with E-state index in [0.717, 1.165) is 4.90 Å². The highest BCUT2D eigenvalue weighted by molar-refractivity contribution is 8.00. The zero-order valence-electron chi connectivity index (χ0n) is 22.0. The van der Waals surface area contributed by atoms with Gasteiger partial charge in [-0.15, -0.1) is 11.8 Å². The quantitative estimate of drug-likeness (QED) is 0.174. The molecule has 3 amide bonds. The number of carbonyl (C=O) groups is 3. The fourth-order valence-corrected chi connectivity index (χ4v) is 4.46. The van der Waals surface area contributed by atoms with Gasteiger partial charge in [-0.2, -0.15) is 0 Å². The van der Waals surface area contributed by atoms with Crippen LogP contribution in [0.4, 0.5) is 11.4 Å². The Labute approximate surface area is 236 Å². The molecule has 202 valence electrons. The SMILES string of the molecule is COc1cccc(NC(=O)C(C)Sc2ccc(NC(=O)/C(=C/c3cccnc3)NC(=O)c3ccccc3)cc2)c1. The number of methoxy groups -OCH3 is 1. The monoisotopic (exact) mass is 552 g/mol. The molecule has 0 saturated heterocycles. The van der Waals surface area contributed by atoms with E-state index < -0.39 is 11.8 Å². The molecule has 9 heteroatoms. The van der Waals surface area contributed by atoms with Gasteiger partial charge in [-0.25, -0.2) is 0 Å². The number of amides is 3. The minimum atomic E-state index is -0.487. The summed E-state index contributed by atoms with van der Waals surface area (Å²) in [4.78, 5) is 43.5. The summed E-state index contributed by atoms with van der Waals surface area (Å²) in [7, 11) is 1.57. The summed E-state index contributed by atoms with van der Waals surface area (Å²) in [5, 5.41) is 8.05. The molecule has 4 rings (SSSR count). The van der Waals surface area contributed by atoms with Crippen LogP contribution in [0.25, 0.3) is 6.08 Å². The van der Waals surface area contributed by atoms with Gasteiger partial charge in [0.25, 0.3) is 11.8 Å². The lowest BCUT2D eigenvalue weighted by Crippen LogP contribution is -2.30. The van der Waals surface area contributed by atoms with Gasteiger partial charge in [0.05, 0.1) is 12.4 Å². The Hall–Kier alpha value is -4.89. The van der Waals surface area contributed by atoms with Gasteiger partial charge in [0.15, 0.2) is 0 Å². The van der Waals surface area contributed by atoms with Crippen molar-refractivity contribution in [3.8, 4) is 5.75 Å². The smallest absolute Gasteiger partial charge is 0.272 e. The lowest BCUT2D eigenvalue weighted by Gasteiger charge is -2.14. The number of benzene rings is 3. The summed E-state index contributed by atoms with van der Waals surface area (Å²) in [6.45, 7) is 1.82. The standard InChI is InChI=1S/C31H28N4O4S/c1-21(29(36)34-25-11-6-12-26(19-25)39-2)40-27-15-13-24(14-16-27)33-31(38)28(18-22-8-7-17-32-20-22)35-30(37)23-9-4-3-5-10-23/h3-21H,1-2H3,(H,33,38)(H,34,36)(H,35,37)/b28-18-. The minimum Gasteiger partial charge on any atom is -0.497 e. The Morgan fingerprint density at radius 3 is 2.35 bits per heavy atom. The van der Waals surface area contributed by atoms with Crippen LogP contribution in [-0.4, -0.2) is 35.1 Å². The molecule has 8 nitrogen and oxygen atoms in total. The molecule has 3 N–H and O–H groups in total. The second-order valence-electron chi connectivity index (χ2n) is 8.62. The van der Waals surface area contributed by atoms with Crippen LogP contribution in [-0.2, 0) is 9.59 Å². The van der Waals surface area contributed by atoms with Crippen LogP contribution in [0, 0.1) is 0 Å². The molecule has 1 heterocycles. The minimum absolute atomic E-state index is 0.0724. The van der Waals surface area contributed by atoms with Crippen molar-refractivity contribution in [1.29, 1.82) is 0 Å².